The number of para-hydroxylation sites is 1. The van der Waals surface area contributed by atoms with Crippen LogP contribution in [-0.4, -0.2) is 53.4 Å². The molecular weight excluding hydrogens is 356 g/mol. The van der Waals surface area contributed by atoms with Gasteiger partial charge in [0, 0.05) is 23.7 Å². The fraction of sp³-hybridized carbons (Fsp3) is 0.524. The van der Waals surface area contributed by atoms with Gasteiger partial charge in [0.1, 0.15) is 0 Å². The molecule has 0 aliphatic carbocycles. The first kappa shape index (κ1) is 18.6. The van der Waals surface area contributed by atoms with Crippen LogP contribution in [0.2, 0.25) is 0 Å². The van der Waals surface area contributed by atoms with E-state index in [0.29, 0.717) is 0 Å². The van der Waals surface area contributed by atoms with Crippen LogP contribution in [-0.2, 0) is 11.3 Å². The van der Waals surface area contributed by atoms with Gasteiger partial charge in [-0.3, -0.25) is 14.6 Å². The van der Waals surface area contributed by atoms with Gasteiger partial charge < -0.3 is 5.32 Å². The summed E-state index contributed by atoms with van der Waals surface area (Å²) in [6.07, 6.45) is 3.31. The van der Waals surface area contributed by atoms with Crippen LogP contribution in [0.15, 0.2) is 35.8 Å². The maximum atomic E-state index is 12.8. The van der Waals surface area contributed by atoms with E-state index in [0.717, 1.165) is 38.3 Å². The maximum absolute atomic E-state index is 12.8. The molecule has 2 saturated heterocycles. The molecule has 6 heteroatoms. The Bertz CT molecular complexity index is 782. The molecule has 3 heterocycles. The number of anilines is 1. The Morgan fingerprint density at radius 2 is 2.04 bits per heavy atom. The van der Waals surface area contributed by atoms with Crippen LogP contribution in [0.3, 0.4) is 0 Å². The molecule has 1 spiro atoms. The minimum Gasteiger partial charge on any atom is -0.325 e. The highest BCUT2D eigenvalue weighted by atomic mass is 32.1. The molecule has 2 aliphatic rings. The Morgan fingerprint density at radius 3 is 2.70 bits per heavy atom. The standard InChI is InChI=1S/C21H28N4OS/c1-16-19(27-15-22-16)13-25-10-8-21(9-11-25)12-18(24(2)14-21)20(26)23-17-6-4-3-5-7-17/h3-7,15,18H,8-14H2,1-2H3,(H,23,26). The zero-order valence-corrected chi connectivity index (χ0v) is 17.0. The van der Waals surface area contributed by atoms with Gasteiger partial charge in [-0.15, -0.1) is 11.3 Å². The monoisotopic (exact) mass is 384 g/mol. The van der Waals surface area contributed by atoms with Crippen LogP contribution >= 0.6 is 11.3 Å². The van der Waals surface area contributed by atoms with Crippen LogP contribution in [0.1, 0.15) is 29.8 Å². The Morgan fingerprint density at radius 1 is 1.30 bits per heavy atom. The number of likely N-dealkylation sites (tertiary alicyclic amines) is 2. The number of nitrogens with zero attached hydrogens (tertiary/aromatic N) is 3. The first-order valence-corrected chi connectivity index (χ1v) is 10.6. The predicted octanol–water partition coefficient (Wildman–Crippen LogP) is 3.38. The normalized spacial score (nSPS) is 23.0. The number of nitrogens with one attached hydrogen (secondary N) is 1. The lowest BCUT2D eigenvalue weighted by atomic mass is 9.76. The van der Waals surface area contributed by atoms with Crippen molar-refractivity contribution in [2.45, 2.75) is 38.8 Å². The van der Waals surface area contributed by atoms with E-state index in [2.05, 4.69) is 34.1 Å². The molecule has 5 nitrogen and oxygen atoms in total. The van der Waals surface area contributed by atoms with Crippen LogP contribution in [0, 0.1) is 12.3 Å². The van der Waals surface area contributed by atoms with Crippen molar-refractivity contribution in [2.24, 2.45) is 5.41 Å². The number of piperidine rings is 1. The molecule has 4 rings (SSSR count). The van der Waals surface area contributed by atoms with Gasteiger partial charge >= 0.3 is 0 Å². The van der Waals surface area contributed by atoms with Gasteiger partial charge in [-0.25, -0.2) is 4.98 Å². The predicted molar refractivity (Wildman–Crippen MR) is 110 cm³/mol. The molecule has 2 fully saturated rings. The largest absolute Gasteiger partial charge is 0.325 e. The lowest BCUT2D eigenvalue weighted by Gasteiger charge is -2.39. The molecule has 0 bridgehead atoms. The summed E-state index contributed by atoms with van der Waals surface area (Å²) >= 11 is 1.76. The van der Waals surface area contributed by atoms with Crippen molar-refractivity contribution < 1.29 is 4.79 Å². The molecule has 2 aliphatic heterocycles. The molecular formula is C21H28N4OS. The number of hydrogen-bond acceptors (Lipinski definition) is 5. The zero-order chi connectivity index (χ0) is 18.9. The van der Waals surface area contributed by atoms with Crippen molar-refractivity contribution in [1.82, 2.24) is 14.8 Å². The number of thiazole rings is 1. The second-order valence-corrected chi connectivity index (χ2v) is 9.07. The number of carbonyl (C=O) groups is 1. The summed E-state index contributed by atoms with van der Waals surface area (Å²) in [5, 5.41) is 3.08. The van der Waals surface area contributed by atoms with Gasteiger partial charge in [0.15, 0.2) is 0 Å². The lowest BCUT2D eigenvalue weighted by Crippen LogP contribution is -2.40. The van der Waals surface area contributed by atoms with Crippen molar-refractivity contribution in [3.8, 4) is 0 Å². The summed E-state index contributed by atoms with van der Waals surface area (Å²) in [5.41, 5.74) is 4.27. The molecule has 1 atom stereocenters. The smallest absolute Gasteiger partial charge is 0.241 e. The number of aromatic nitrogens is 1. The van der Waals surface area contributed by atoms with Crippen molar-refractivity contribution in [1.29, 1.82) is 0 Å². The minimum atomic E-state index is -0.0273. The summed E-state index contributed by atoms with van der Waals surface area (Å²) in [6.45, 7) is 6.35. The number of carbonyl (C=O) groups excluding carboxylic acids is 1. The van der Waals surface area contributed by atoms with Crippen molar-refractivity contribution in [3.05, 3.63) is 46.4 Å². The number of aryl methyl sites for hydroxylation is 1. The van der Waals surface area contributed by atoms with Crippen molar-refractivity contribution >= 4 is 22.9 Å². The molecule has 0 radical (unpaired) electrons. The van der Waals surface area contributed by atoms with E-state index in [1.165, 1.54) is 23.4 Å². The number of benzene rings is 1. The van der Waals surface area contributed by atoms with E-state index >= 15 is 0 Å². The molecule has 144 valence electrons. The molecule has 1 aromatic heterocycles. The summed E-state index contributed by atoms with van der Waals surface area (Å²) in [5.74, 6) is 0.128. The Kier molecular flexibility index (Phi) is 5.30. The number of likely N-dealkylation sites (N-methyl/N-ethyl adjacent to an activating group) is 1. The second kappa shape index (κ2) is 7.70. The fourth-order valence-electron chi connectivity index (χ4n) is 4.54. The van der Waals surface area contributed by atoms with Gasteiger partial charge in [0.25, 0.3) is 0 Å². The first-order chi connectivity index (χ1) is 13.0. The van der Waals surface area contributed by atoms with Gasteiger partial charge in [0.05, 0.1) is 17.2 Å². The van der Waals surface area contributed by atoms with Gasteiger partial charge in [-0.2, -0.15) is 0 Å². The molecule has 1 N–H and O–H groups in total. The van der Waals surface area contributed by atoms with Crippen LogP contribution in [0.25, 0.3) is 0 Å². The molecule has 1 amide bonds. The van der Waals surface area contributed by atoms with E-state index in [1.54, 1.807) is 11.3 Å². The lowest BCUT2D eigenvalue weighted by molar-refractivity contribution is -0.120. The number of rotatable bonds is 4. The second-order valence-electron chi connectivity index (χ2n) is 8.13. The van der Waals surface area contributed by atoms with Gasteiger partial charge in [-0.1, -0.05) is 18.2 Å². The van der Waals surface area contributed by atoms with Crippen LogP contribution in [0.5, 0.6) is 0 Å². The van der Waals surface area contributed by atoms with E-state index in [1.807, 2.05) is 35.8 Å². The molecule has 0 saturated carbocycles. The summed E-state index contributed by atoms with van der Waals surface area (Å²) in [4.78, 5) is 23.3. The third kappa shape index (κ3) is 4.08. The van der Waals surface area contributed by atoms with Gasteiger partial charge in [-0.05, 0) is 63.9 Å². The Labute approximate surface area is 165 Å². The average molecular weight is 385 g/mol. The highest BCUT2D eigenvalue weighted by molar-refractivity contribution is 7.09. The Hall–Kier alpha value is -1.76. The zero-order valence-electron chi connectivity index (χ0n) is 16.1. The topological polar surface area (TPSA) is 48.5 Å². The summed E-state index contributed by atoms with van der Waals surface area (Å²) < 4.78 is 0. The number of hydrogen-bond donors (Lipinski definition) is 1. The average Bonchev–Trinajstić information content (AvgIpc) is 3.21. The van der Waals surface area contributed by atoms with Crippen molar-refractivity contribution in [2.75, 3.05) is 32.0 Å². The fourth-order valence-corrected chi connectivity index (χ4v) is 5.36. The third-order valence-corrected chi connectivity index (χ3v) is 7.14. The Balaban J connectivity index is 1.34. The van der Waals surface area contributed by atoms with E-state index in [4.69, 9.17) is 0 Å². The van der Waals surface area contributed by atoms with Crippen molar-refractivity contribution in [3.63, 3.8) is 0 Å². The van der Waals surface area contributed by atoms with E-state index in [9.17, 15) is 4.79 Å². The SMILES string of the molecule is Cc1ncsc1CN1CCC2(CC1)CC(C(=O)Nc1ccccc1)N(C)C2. The summed E-state index contributed by atoms with van der Waals surface area (Å²) in [7, 11) is 2.09. The maximum Gasteiger partial charge on any atom is 0.241 e. The van der Waals surface area contributed by atoms with Crippen LogP contribution < -0.4 is 5.32 Å². The van der Waals surface area contributed by atoms with Gasteiger partial charge in [0.2, 0.25) is 5.91 Å². The van der Waals surface area contributed by atoms with E-state index in [-0.39, 0.29) is 17.4 Å². The highest BCUT2D eigenvalue weighted by Gasteiger charge is 2.46. The molecule has 2 aromatic rings. The first-order valence-electron chi connectivity index (χ1n) is 9.72. The quantitative estimate of drug-likeness (QED) is 0.878. The molecule has 1 unspecified atom stereocenters. The van der Waals surface area contributed by atoms with Crippen LogP contribution in [0.4, 0.5) is 5.69 Å². The highest BCUT2D eigenvalue weighted by Crippen LogP contribution is 2.43. The molecule has 27 heavy (non-hydrogen) atoms. The minimum absolute atomic E-state index is 0.0273. The summed E-state index contributed by atoms with van der Waals surface area (Å²) in [6, 6.07) is 9.74. The van der Waals surface area contributed by atoms with E-state index < -0.39 is 0 Å². The number of amides is 1. The molecule has 1 aromatic carbocycles. The third-order valence-electron chi connectivity index (χ3n) is 6.22.